The van der Waals surface area contributed by atoms with E-state index < -0.39 is 27.1 Å². The van der Waals surface area contributed by atoms with Gasteiger partial charge in [0.1, 0.15) is 17.3 Å². The van der Waals surface area contributed by atoms with Crippen LogP contribution in [0.1, 0.15) is 50.6 Å². The van der Waals surface area contributed by atoms with Crippen LogP contribution in [0.2, 0.25) is 0 Å². The Morgan fingerprint density at radius 3 is 2.46 bits per heavy atom. The Morgan fingerprint density at radius 1 is 1.00 bits per heavy atom. The molecule has 4 aromatic rings. The van der Waals surface area contributed by atoms with Crippen LogP contribution in [-0.2, 0) is 23.2 Å². The maximum absolute atomic E-state index is 13.6. The molecule has 7 rings (SSSR count). The minimum Gasteiger partial charge on any atom is -0.382 e. The molecule has 1 saturated heterocycles. The molecule has 0 amide bonds. The number of rotatable bonds is 10. The van der Waals surface area contributed by atoms with E-state index in [-0.39, 0.29) is 17.6 Å². The van der Waals surface area contributed by atoms with E-state index in [4.69, 9.17) is 0 Å². The number of aryl methyl sites for hydroxylation is 1. The van der Waals surface area contributed by atoms with E-state index in [0.717, 1.165) is 47.1 Å². The second-order valence-electron chi connectivity index (χ2n) is 12.4. The van der Waals surface area contributed by atoms with E-state index in [1.807, 2.05) is 0 Å². The zero-order chi connectivity index (χ0) is 32.1. The minimum atomic E-state index is -4.54. The summed E-state index contributed by atoms with van der Waals surface area (Å²) in [4.78, 5) is 15.8. The first kappa shape index (κ1) is 30.6. The minimum absolute atomic E-state index is 0.154. The number of hydrogen-bond acceptors (Lipinski definition) is 10. The highest BCUT2D eigenvalue weighted by atomic mass is 32.2. The van der Waals surface area contributed by atoms with Gasteiger partial charge in [-0.25, -0.2) is 23.4 Å². The number of pyridine rings is 1. The van der Waals surface area contributed by atoms with Crippen molar-refractivity contribution in [2.24, 2.45) is 13.0 Å². The number of alkyl halides is 3. The first-order valence-electron chi connectivity index (χ1n) is 15.5. The summed E-state index contributed by atoms with van der Waals surface area (Å²) in [7, 11) is -2.25. The molecule has 5 heterocycles. The number of nitrogens with one attached hydrogen (secondary N) is 2. The van der Waals surface area contributed by atoms with Crippen molar-refractivity contribution in [3.8, 4) is 22.6 Å². The lowest BCUT2D eigenvalue weighted by atomic mass is 9.85. The van der Waals surface area contributed by atoms with Crippen molar-refractivity contribution in [1.82, 2.24) is 38.8 Å². The molecule has 244 valence electrons. The van der Waals surface area contributed by atoms with Gasteiger partial charge < -0.3 is 15.5 Å². The van der Waals surface area contributed by atoms with Gasteiger partial charge in [-0.2, -0.15) is 27.5 Å². The van der Waals surface area contributed by atoms with Crippen LogP contribution in [0.15, 0.2) is 43.0 Å². The summed E-state index contributed by atoms with van der Waals surface area (Å²) in [6.07, 6.45) is 7.93. The third kappa shape index (κ3) is 6.45. The monoisotopic (exact) mass is 656 g/mol. The van der Waals surface area contributed by atoms with Crippen LogP contribution >= 0.6 is 0 Å². The zero-order valence-electron chi connectivity index (χ0n) is 25.3. The highest BCUT2D eigenvalue weighted by Crippen LogP contribution is 2.37. The first-order valence-corrected chi connectivity index (χ1v) is 17.0. The molecule has 0 unspecified atom stereocenters. The van der Waals surface area contributed by atoms with Gasteiger partial charge in [-0.1, -0.05) is 0 Å². The van der Waals surface area contributed by atoms with Crippen LogP contribution in [0.5, 0.6) is 0 Å². The molecule has 0 radical (unpaired) electrons. The molecule has 1 aliphatic heterocycles. The Kier molecular flexibility index (Phi) is 7.95. The van der Waals surface area contributed by atoms with E-state index in [2.05, 4.69) is 40.7 Å². The molecule has 2 saturated carbocycles. The van der Waals surface area contributed by atoms with Crippen molar-refractivity contribution in [1.29, 1.82) is 0 Å². The summed E-state index contributed by atoms with van der Waals surface area (Å²) in [6.45, 7) is 3.49. The van der Waals surface area contributed by atoms with Crippen molar-refractivity contribution < 1.29 is 21.6 Å². The van der Waals surface area contributed by atoms with Gasteiger partial charge in [0, 0.05) is 49.3 Å². The second-order valence-corrected chi connectivity index (χ2v) is 14.5. The van der Waals surface area contributed by atoms with E-state index >= 15 is 0 Å². The quantitative estimate of drug-likeness (QED) is 0.242. The molecule has 4 aromatic heterocycles. The van der Waals surface area contributed by atoms with Gasteiger partial charge >= 0.3 is 6.18 Å². The fraction of sp³-hybridized carbons (Fsp3) is 0.500. The predicted molar refractivity (Wildman–Crippen MR) is 166 cm³/mol. The average molecular weight is 657 g/mol. The van der Waals surface area contributed by atoms with Crippen molar-refractivity contribution in [2.75, 3.05) is 30.3 Å². The van der Waals surface area contributed by atoms with Crippen molar-refractivity contribution in [3.05, 3.63) is 48.7 Å². The van der Waals surface area contributed by atoms with Crippen molar-refractivity contribution in [3.63, 3.8) is 0 Å². The number of anilines is 3. The van der Waals surface area contributed by atoms with Crippen molar-refractivity contribution >= 4 is 27.3 Å². The molecule has 46 heavy (non-hydrogen) atoms. The normalized spacial score (nSPS) is 20.8. The smallest absolute Gasteiger partial charge is 0.382 e. The molecule has 2 aliphatic carbocycles. The topological polar surface area (TPSA) is 136 Å². The molecule has 0 atom stereocenters. The molecular formula is C30H35F3N10O2S. The number of nitrogens with zero attached hydrogens (tertiary/aromatic N) is 8. The van der Waals surface area contributed by atoms with Crippen LogP contribution in [0.25, 0.3) is 22.6 Å². The van der Waals surface area contributed by atoms with Crippen LogP contribution in [-0.4, -0.2) is 78.2 Å². The van der Waals surface area contributed by atoms with Gasteiger partial charge in [-0.15, -0.1) is 0 Å². The van der Waals surface area contributed by atoms with Gasteiger partial charge in [0.05, 0.1) is 28.9 Å². The molecule has 0 aromatic carbocycles. The molecular weight excluding hydrogens is 621 g/mol. The number of aromatic nitrogens is 7. The average Bonchev–Trinajstić information content (AvgIpc) is 3.61. The number of halogens is 3. The molecule has 0 spiro atoms. The van der Waals surface area contributed by atoms with Crippen LogP contribution < -0.4 is 10.6 Å². The fourth-order valence-corrected chi connectivity index (χ4v) is 7.60. The Balaban J connectivity index is 1.13. The maximum Gasteiger partial charge on any atom is 0.433 e. The lowest BCUT2D eigenvalue weighted by Crippen LogP contribution is -2.41. The lowest BCUT2D eigenvalue weighted by molar-refractivity contribution is -0.143. The standard InChI is InChI=1S/C30H35F3N10O2S/c1-41-26(30(31,32)33)13-25(40-41)23-16-35-28(14-24(23)37-21-5-3-19(4-6-21)17-42-11-2-12-42)38-27-9-10-34-29(39-27)20-15-36-43(18-20)46(44,45)22-7-8-22/h9-10,13-16,18-19,21-22H,2-8,11-12,17H2,1H3,(H2,34,35,37,38,39). The van der Waals surface area contributed by atoms with Gasteiger partial charge in [0.25, 0.3) is 10.0 Å². The van der Waals surface area contributed by atoms with Crippen LogP contribution in [0.3, 0.4) is 0 Å². The molecule has 2 N–H and O–H groups in total. The first-order chi connectivity index (χ1) is 22.0. The fourth-order valence-electron chi connectivity index (χ4n) is 6.13. The summed E-state index contributed by atoms with van der Waals surface area (Å²) in [5.41, 5.74) is 0.858. The largest absolute Gasteiger partial charge is 0.433 e. The predicted octanol–water partition coefficient (Wildman–Crippen LogP) is 4.91. The van der Waals surface area contributed by atoms with Gasteiger partial charge in [-0.3, -0.25) is 4.68 Å². The van der Waals surface area contributed by atoms with E-state index in [1.165, 1.54) is 51.3 Å². The lowest BCUT2D eigenvalue weighted by Gasteiger charge is -2.37. The summed E-state index contributed by atoms with van der Waals surface area (Å²) >= 11 is 0. The summed E-state index contributed by atoms with van der Waals surface area (Å²) < 4.78 is 67.8. The van der Waals surface area contributed by atoms with Crippen LogP contribution in [0, 0.1) is 5.92 Å². The molecule has 3 fully saturated rings. The Labute approximate surface area is 264 Å². The molecule has 12 nitrogen and oxygen atoms in total. The zero-order valence-corrected chi connectivity index (χ0v) is 26.1. The van der Waals surface area contributed by atoms with Gasteiger partial charge in [0.15, 0.2) is 5.82 Å². The maximum atomic E-state index is 13.6. The Morgan fingerprint density at radius 2 is 1.78 bits per heavy atom. The second kappa shape index (κ2) is 12.0. The highest BCUT2D eigenvalue weighted by Gasteiger charge is 2.38. The summed E-state index contributed by atoms with van der Waals surface area (Å²) in [5.74, 6) is 1.75. The van der Waals surface area contributed by atoms with Gasteiger partial charge in [-0.05, 0) is 76.1 Å². The van der Waals surface area contributed by atoms with E-state index in [9.17, 15) is 21.6 Å². The third-order valence-electron chi connectivity index (χ3n) is 8.96. The van der Waals surface area contributed by atoms with Crippen molar-refractivity contribution in [2.45, 2.75) is 62.4 Å². The summed E-state index contributed by atoms with van der Waals surface area (Å²) in [6, 6.07) is 4.60. The highest BCUT2D eigenvalue weighted by molar-refractivity contribution is 7.90. The molecule has 3 aliphatic rings. The number of likely N-dealkylation sites (tertiary alicyclic amines) is 1. The van der Waals surface area contributed by atoms with E-state index in [0.29, 0.717) is 47.2 Å². The molecule has 0 bridgehead atoms. The Hall–Kier alpha value is -4.05. The molecule has 16 heteroatoms. The Bertz CT molecular complexity index is 1820. The summed E-state index contributed by atoms with van der Waals surface area (Å²) in [5, 5.41) is 14.5. The SMILES string of the molecule is Cn1nc(-c2cnc(Nc3ccnc(-c4cnn(S(=O)(=O)C5CC5)c4)n3)cc2NC2CCC(CN3CCC3)CC2)cc1C(F)(F)F. The van der Waals surface area contributed by atoms with E-state index in [1.54, 1.807) is 12.1 Å². The van der Waals surface area contributed by atoms with Crippen LogP contribution in [0.4, 0.5) is 30.5 Å². The third-order valence-corrected chi connectivity index (χ3v) is 11.0. The van der Waals surface area contributed by atoms with Gasteiger partial charge in [0.2, 0.25) is 0 Å². The number of hydrogen-bond donors (Lipinski definition) is 2.